The molecule has 0 bridgehead atoms. The standard InChI is InChI=1S/C21H23F3N2O4/c1-13-8-14(2)10-15(9-13)20(28)25-12-19(27)26-17-11-16(21(22,23)24)4-5-18(17)30-7-6-29-3/h4-5,8-11H,6-7,12H2,1-3H3,(H,25,28)(H,26,27). The number of nitrogens with one attached hydrogen (secondary N) is 2. The van der Waals surface area contributed by atoms with Gasteiger partial charge in [-0.05, 0) is 44.2 Å². The van der Waals surface area contributed by atoms with Crippen molar-refractivity contribution in [2.75, 3.05) is 32.2 Å². The van der Waals surface area contributed by atoms with Gasteiger partial charge in [0, 0.05) is 12.7 Å². The third kappa shape index (κ3) is 6.77. The molecule has 0 heterocycles. The first-order valence-corrected chi connectivity index (χ1v) is 9.09. The number of methoxy groups -OCH3 is 1. The van der Waals surface area contributed by atoms with Crippen LogP contribution < -0.4 is 15.4 Å². The molecule has 0 radical (unpaired) electrons. The van der Waals surface area contributed by atoms with Gasteiger partial charge in [0.1, 0.15) is 12.4 Å². The van der Waals surface area contributed by atoms with Gasteiger partial charge in [0.2, 0.25) is 5.91 Å². The fraction of sp³-hybridized carbons (Fsp3) is 0.333. The van der Waals surface area contributed by atoms with Crippen LogP contribution in [-0.2, 0) is 15.7 Å². The minimum absolute atomic E-state index is 0.0639. The van der Waals surface area contributed by atoms with Crippen LogP contribution in [0.3, 0.4) is 0 Å². The van der Waals surface area contributed by atoms with Gasteiger partial charge < -0.3 is 20.1 Å². The quantitative estimate of drug-likeness (QED) is 0.634. The molecule has 6 nitrogen and oxygen atoms in total. The summed E-state index contributed by atoms with van der Waals surface area (Å²) in [5.41, 5.74) is 1.10. The lowest BCUT2D eigenvalue weighted by atomic mass is 10.1. The number of rotatable bonds is 8. The lowest BCUT2D eigenvalue weighted by Crippen LogP contribution is -2.33. The Morgan fingerprint density at radius 1 is 1.00 bits per heavy atom. The smallest absolute Gasteiger partial charge is 0.416 e. The van der Waals surface area contributed by atoms with Gasteiger partial charge in [0.15, 0.2) is 0 Å². The van der Waals surface area contributed by atoms with E-state index in [0.29, 0.717) is 5.56 Å². The van der Waals surface area contributed by atoms with E-state index in [1.807, 2.05) is 19.9 Å². The summed E-state index contributed by atoms with van der Waals surface area (Å²) in [4.78, 5) is 24.5. The van der Waals surface area contributed by atoms with Crippen LogP contribution in [0.1, 0.15) is 27.0 Å². The second kappa shape index (κ2) is 10.1. The van der Waals surface area contributed by atoms with Gasteiger partial charge in [0.25, 0.3) is 5.91 Å². The normalized spacial score (nSPS) is 11.1. The summed E-state index contributed by atoms with van der Waals surface area (Å²) in [5, 5.41) is 4.82. The molecular weight excluding hydrogens is 401 g/mol. The highest BCUT2D eigenvalue weighted by Gasteiger charge is 2.31. The van der Waals surface area contributed by atoms with E-state index < -0.39 is 30.1 Å². The molecule has 0 atom stereocenters. The van der Waals surface area contributed by atoms with Crippen molar-refractivity contribution in [2.45, 2.75) is 20.0 Å². The largest absolute Gasteiger partial charge is 0.489 e. The first kappa shape index (κ1) is 23.2. The molecule has 162 valence electrons. The molecule has 2 N–H and O–H groups in total. The van der Waals surface area contributed by atoms with Gasteiger partial charge in [-0.25, -0.2) is 0 Å². The predicted octanol–water partition coefficient (Wildman–Crippen LogP) is 3.72. The Bertz CT molecular complexity index is 893. The number of carbonyl (C=O) groups excluding carboxylic acids is 2. The SMILES string of the molecule is COCCOc1ccc(C(F)(F)F)cc1NC(=O)CNC(=O)c1cc(C)cc(C)c1. The summed E-state index contributed by atoms with van der Waals surface area (Å²) in [7, 11) is 1.46. The van der Waals surface area contributed by atoms with Crippen molar-refractivity contribution >= 4 is 17.5 Å². The number of hydrogen-bond donors (Lipinski definition) is 2. The Morgan fingerprint density at radius 2 is 1.67 bits per heavy atom. The molecule has 0 spiro atoms. The van der Waals surface area contributed by atoms with Gasteiger partial charge >= 0.3 is 6.18 Å². The van der Waals surface area contributed by atoms with Crippen LogP contribution in [0.25, 0.3) is 0 Å². The number of amides is 2. The lowest BCUT2D eigenvalue weighted by Gasteiger charge is -2.15. The summed E-state index contributed by atoms with van der Waals surface area (Å²) in [6.45, 7) is 3.58. The zero-order valence-corrected chi connectivity index (χ0v) is 16.9. The van der Waals surface area contributed by atoms with E-state index in [9.17, 15) is 22.8 Å². The van der Waals surface area contributed by atoms with Crippen LogP contribution in [-0.4, -0.2) is 38.7 Å². The van der Waals surface area contributed by atoms with Crippen LogP contribution in [0.5, 0.6) is 5.75 Å². The number of alkyl halides is 3. The van der Waals surface area contributed by atoms with E-state index in [1.165, 1.54) is 7.11 Å². The molecular formula is C21H23F3N2O4. The van der Waals surface area contributed by atoms with Crippen LogP contribution >= 0.6 is 0 Å². The summed E-state index contributed by atoms with van der Waals surface area (Å²) < 4.78 is 49.3. The minimum atomic E-state index is -4.58. The van der Waals surface area contributed by atoms with E-state index in [2.05, 4.69) is 10.6 Å². The van der Waals surface area contributed by atoms with E-state index >= 15 is 0 Å². The first-order chi connectivity index (χ1) is 14.1. The maximum absolute atomic E-state index is 13.0. The van der Waals surface area contributed by atoms with Gasteiger partial charge in [-0.1, -0.05) is 17.2 Å². The van der Waals surface area contributed by atoms with E-state index in [1.54, 1.807) is 12.1 Å². The van der Waals surface area contributed by atoms with Gasteiger partial charge in [-0.3, -0.25) is 9.59 Å². The monoisotopic (exact) mass is 424 g/mol. The van der Waals surface area contributed by atoms with Crippen LogP contribution in [0, 0.1) is 13.8 Å². The fourth-order valence-electron chi connectivity index (χ4n) is 2.73. The van der Waals surface area contributed by atoms with Gasteiger partial charge in [-0.15, -0.1) is 0 Å². The maximum Gasteiger partial charge on any atom is 0.416 e. The number of carbonyl (C=O) groups is 2. The first-order valence-electron chi connectivity index (χ1n) is 9.09. The molecule has 0 saturated carbocycles. The molecule has 2 amide bonds. The second-order valence-corrected chi connectivity index (χ2v) is 6.66. The molecule has 2 aromatic rings. The molecule has 0 saturated heterocycles. The Labute approximate surface area is 172 Å². The minimum Gasteiger partial charge on any atom is -0.489 e. The number of aryl methyl sites for hydroxylation is 2. The van der Waals surface area contributed by atoms with Gasteiger partial charge in [-0.2, -0.15) is 13.2 Å². The Morgan fingerprint density at radius 3 is 2.27 bits per heavy atom. The zero-order chi connectivity index (χ0) is 22.3. The third-order valence-electron chi connectivity index (χ3n) is 4.02. The number of hydrogen-bond acceptors (Lipinski definition) is 4. The molecule has 0 aliphatic heterocycles. The Hall–Kier alpha value is -3.07. The molecule has 2 rings (SSSR count). The third-order valence-corrected chi connectivity index (χ3v) is 4.02. The van der Waals surface area contributed by atoms with Crippen LogP contribution in [0.4, 0.5) is 18.9 Å². The second-order valence-electron chi connectivity index (χ2n) is 6.66. The number of ether oxygens (including phenoxy) is 2. The zero-order valence-electron chi connectivity index (χ0n) is 16.9. The Kier molecular flexibility index (Phi) is 7.82. The number of halogens is 3. The van der Waals surface area contributed by atoms with Crippen molar-refractivity contribution in [3.05, 3.63) is 58.7 Å². The number of anilines is 1. The average Bonchev–Trinajstić information content (AvgIpc) is 2.65. The van der Waals surface area contributed by atoms with E-state index in [-0.39, 0.29) is 24.7 Å². The van der Waals surface area contributed by atoms with Gasteiger partial charge in [0.05, 0.1) is 24.4 Å². The molecule has 0 fully saturated rings. The molecule has 2 aromatic carbocycles. The van der Waals surface area contributed by atoms with Crippen molar-refractivity contribution in [1.82, 2.24) is 5.32 Å². The molecule has 0 aromatic heterocycles. The molecule has 0 aliphatic rings. The molecule has 9 heteroatoms. The highest BCUT2D eigenvalue weighted by Crippen LogP contribution is 2.35. The summed E-state index contributed by atoms with van der Waals surface area (Å²) in [6.07, 6.45) is -4.58. The van der Waals surface area contributed by atoms with E-state index in [4.69, 9.17) is 9.47 Å². The average molecular weight is 424 g/mol. The lowest BCUT2D eigenvalue weighted by molar-refractivity contribution is -0.137. The van der Waals surface area contributed by atoms with Crippen LogP contribution in [0.15, 0.2) is 36.4 Å². The van der Waals surface area contributed by atoms with Crippen LogP contribution in [0.2, 0.25) is 0 Å². The Balaban J connectivity index is 2.08. The highest BCUT2D eigenvalue weighted by atomic mass is 19.4. The molecule has 30 heavy (non-hydrogen) atoms. The fourth-order valence-corrected chi connectivity index (χ4v) is 2.73. The van der Waals surface area contributed by atoms with Crippen molar-refractivity contribution in [1.29, 1.82) is 0 Å². The topological polar surface area (TPSA) is 76.7 Å². The summed E-state index contributed by atoms with van der Waals surface area (Å²) in [6, 6.07) is 8.03. The van der Waals surface area contributed by atoms with Crippen molar-refractivity contribution in [3.8, 4) is 5.75 Å². The molecule has 0 unspecified atom stereocenters. The highest BCUT2D eigenvalue weighted by molar-refractivity contribution is 6.00. The van der Waals surface area contributed by atoms with Crippen molar-refractivity contribution < 1.29 is 32.2 Å². The van der Waals surface area contributed by atoms with Crippen molar-refractivity contribution in [2.24, 2.45) is 0 Å². The summed E-state index contributed by atoms with van der Waals surface area (Å²) >= 11 is 0. The predicted molar refractivity (Wildman–Crippen MR) is 106 cm³/mol. The van der Waals surface area contributed by atoms with Crippen molar-refractivity contribution in [3.63, 3.8) is 0 Å². The maximum atomic E-state index is 13.0. The van der Waals surface area contributed by atoms with E-state index in [0.717, 1.165) is 29.3 Å². The number of benzene rings is 2. The summed E-state index contributed by atoms with van der Waals surface area (Å²) in [5.74, 6) is -1.09. The molecule has 0 aliphatic carbocycles.